The zero-order chi connectivity index (χ0) is 9.84. The lowest BCUT2D eigenvalue weighted by Gasteiger charge is -2.07. The van der Waals surface area contributed by atoms with Gasteiger partial charge in [-0.25, -0.2) is 0 Å². The van der Waals surface area contributed by atoms with Gasteiger partial charge in [-0.05, 0) is 36.5 Å². The number of rotatable bonds is 3. The van der Waals surface area contributed by atoms with Crippen molar-refractivity contribution >= 4 is 30.7 Å². The highest BCUT2D eigenvalue weighted by molar-refractivity contribution is 9.44. The van der Waals surface area contributed by atoms with Gasteiger partial charge in [0, 0.05) is 6.16 Å². The molecule has 1 aromatic rings. The molecule has 0 spiro atoms. The van der Waals surface area contributed by atoms with E-state index in [-0.39, 0.29) is 6.31 Å². The van der Waals surface area contributed by atoms with E-state index in [9.17, 15) is 0 Å². The monoisotopic (exact) mass is 278 g/mol. The van der Waals surface area contributed by atoms with Gasteiger partial charge in [-0.2, -0.15) is 0 Å². The number of methoxy groups -OCH3 is 1. The molecule has 13 heavy (non-hydrogen) atoms. The lowest BCUT2D eigenvalue weighted by molar-refractivity contribution is 0.414. The van der Waals surface area contributed by atoms with Crippen LogP contribution in [0.1, 0.15) is 11.1 Å². The van der Waals surface area contributed by atoms with Crippen LogP contribution in [0.3, 0.4) is 0 Å². The first-order chi connectivity index (χ1) is 6.11. The molecule has 1 nitrogen and oxygen atoms in total. The van der Waals surface area contributed by atoms with Gasteiger partial charge in [-0.1, -0.05) is 30.5 Å². The maximum atomic E-state index is 5.20. The second-order valence-electron chi connectivity index (χ2n) is 2.92. The van der Waals surface area contributed by atoms with Gasteiger partial charge in [0.25, 0.3) is 0 Å². The van der Waals surface area contributed by atoms with E-state index in [0.717, 1.165) is 11.9 Å². The molecule has 0 radical (unpaired) electrons. The third-order valence-electron chi connectivity index (χ3n) is 1.68. The summed E-state index contributed by atoms with van der Waals surface area (Å²) in [6, 6.07) is 6.33. The number of aryl methyl sites for hydroxylation is 1. The first-order valence-corrected chi connectivity index (χ1v) is 9.11. The molecule has 0 fully saturated rings. The SMILES string of the molecule is COc1cc(C)cc(CP(P)Br)c1. The topological polar surface area (TPSA) is 9.23 Å². The number of benzene rings is 1. The second-order valence-corrected chi connectivity index (χ2v) is 10.9. The molecule has 0 saturated carbocycles. The van der Waals surface area contributed by atoms with E-state index in [1.807, 2.05) is 6.07 Å². The molecule has 0 heterocycles. The summed E-state index contributed by atoms with van der Waals surface area (Å²) in [5.74, 6) is 0.948. The molecule has 4 heteroatoms. The fourth-order valence-electron chi connectivity index (χ4n) is 1.21. The van der Waals surface area contributed by atoms with Gasteiger partial charge in [-0.3, -0.25) is 0 Å². The summed E-state index contributed by atoms with van der Waals surface area (Å²) in [6.07, 6.45) is 0.935. The van der Waals surface area contributed by atoms with Crippen LogP contribution in [0.2, 0.25) is 0 Å². The average Bonchev–Trinajstić information content (AvgIpc) is 2.01. The molecule has 0 bridgehead atoms. The quantitative estimate of drug-likeness (QED) is 0.757. The van der Waals surface area contributed by atoms with Gasteiger partial charge in [-0.15, -0.1) is 0 Å². The predicted octanol–water partition coefficient (Wildman–Crippen LogP) is 4.09. The smallest absolute Gasteiger partial charge is 0.119 e. The highest BCUT2D eigenvalue weighted by Gasteiger charge is 2.01. The number of hydrogen-bond acceptors (Lipinski definition) is 1. The molecule has 72 valence electrons. The molecule has 1 rings (SSSR count). The third-order valence-corrected chi connectivity index (χ3v) is 3.65. The minimum Gasteiger partial charge on any atom is -0.497 e. The summed E-state index contributed by atoms with van der Waals surface area (Å²) in [5, 5.41) is 0. The molecule has 2 atom stereocenters. The van der Waals surface area contributed by atoms with Crippen LogP contribution in [0.15, 0.2) is 18.2 Å². The number of ether oxygens (including phenoxy) is 1. The van der Waals surface area contributed by atoms with E-state index >= 15 is 0 Å². The van der Waals surface area contributed by atoms with Crippen molar-refractivity contribution in [1.82, 2.24) is 0 Å². The van der Waals surface area contributed by atoms with Crippen LogP contribution in [0, 0.1) is 6.92 Å². The Labute approximate surface area is 90.8 Å². The molecule has 0 N–H and O–H groups in total. The van der Waals surface area contributed by atoms with E-state index in [2.05, 4.69) is 43.5 Å². The average molecular weight is 279 g/mol. The Kier molecular flexibility index (Phi) is 4.66. The minimum atomic E-state index is -0.133. The fraction of sp³-hybridized carbons (Fsp3) is 0.333. The standard InChI is InChI=1S/C9H13BrOP2/c1-7-3-8(6-13(10)12)5-9(4-7)11-2/h3-5H,6,12H2,1-2H3. The molecule has 0 aliphatic rings. The van der Waals surface area contributed by atoms with Crippen LogP contribution >= 0.6 is 30.7 Å². The normalized spacial score (nSPS) is 12.6. The maximum absolute atomic E-state index is 5.20. The Morgan fingerprint density at radius 3 is 2.69 bits per heavy atom. The minimum absolute atomic E-state index is 0.133. The van der Waals surface area contributed by atoms with Gasteiger partial charge in [0.1, 0.15) is 5.75 Å². The lowest BCUT2D eigenvalue weighted by atomic mass is 10.1. The molecule has 1 aromatic carbocycles. The van der Waals surface area contributed by atoms with Gasteiger partial charge in [0.15, 0.2) is 0 Å². The maximum Gasteiger partial charge on any atom is 0.119 e. The lowest BCUT2D eigenvalue weighted by Crippen LogP contribution is -1.87. The van der Waals surface area contributed by atoms with Crippen molar-refractivity contribution in [1.29, 1.82) is 0 Å². The van der Waals surface area contributed by atoms with Crippen LogP contribution in [0.5, 0.6) is 5.75 Å². The zero-order valence-corrected chi connectivity index (χ0v) is 11.4. The highest BCUT2D eigenvalue weighted by atomic mass is 79.9. The second kappa shape index (κ2) is 5.29. The van der Waals surface area contributed by atoms with Crippen LogP contribution in [0.25, 0.3) is 0 Å². The summed E-state index contributed by atoms with van der Waals surface area (Å²) >= 11 is 3.57. The first-order valence-electron chi connectivity index (χ1n) is 3.94. The molecule has 0 aliphatic carbocycles. The van der Waals surface area contributed by atoms with Crippen molar-refractivity contribution in [2.45, 2.75) is 13.1 Å². The molecule has 0 aliphatic heterocycles. The summed E-state index contributed by atoms with van der Waals surface area (Å²) in [6.45, 7) is 2.09. The summed E-state index contributed by atoms with van der Waals surface area (Å²) in [4.78, 5) is 0. The van der Waals surface area contributed by atoms with Gasteiger partial charge in [0.05, 0.1) is 7.11 Å². The first kappa shape index (κ1) is 11.4. The van der Waals surface area contributed by atoms with Crippen molar-refractivity contribution < 1.29 is 4.74 Å². The Morgan fingerprint density at radius 2 is 2.15 bits per heavy atom. The summed E-state index contributed by atoms with van der Waals surface area (Å²) in [5.41, 5.74) is 2.58. The molecule has 0 amide bonds. The van der Waals surface area contributed by atoms with Crippen LogP contribution in [0.4, 0.5) is 0 Å². The van der Waals surface area contributed by atoms with Crippen LogP contribution in [-0.4, -0.2) is 7.11 Å². The summed E-state index contributed by atoms with van der Waals surface area (Å²) < 4.78 is 5.20. The van der Waals surface area contributed by atoms with Crippen molar-refractivity contribution in [2.24, 2.45) is 0 Å². The Hall–Kier alpha value is 0.360. The van der Waals surface area contributed by atoms with Crippen LogP contribution < -0.4 is 4.74 Å². The van der Waals surface area contributed by atoms with E-state index in [1.165, 1.54) is 11.1 Å². The Morgan fingerprint density at radius 1 is 1.46 bits per heavy atom. The highest BCUT2D eigenvalue weighted by Crippen LogP contribution is 2.55. The van der Waals surface area contributed by atoms with Gasteiger partial charge < -0.3 is 4.74 Å². The third kappa shape index (κ3) is 3.94. The largest absolute Gasteiger partial charge is 0.497 e. The Bertz CT molecular complexity index is 289. The van der Waals surface area contributed by atoms with Crippen LogP contribution in [-0.2, 0) is 6.16 Å². The van der Waals surface area contributed by atoms with Gasteiger partial charge >= 0.3 is 0 Å². The number of hydrogen-bond donors (Lipinski definition) is 0. The van der Waals surface area contributed by atoms with Gasteiger partial charge in [0.2, 0.25) is 0 Å². The fourth-order valence-corrected chi connectivity index (χ4v) is 3.24. The molecule has 0 saturated heterocycles. The van der Waals surface area contributed by atoms with E-state index in [4.69, 9.17) is 4.74 Å². The molecular formula is C9H13BrOP2. The van der Waals surface area contributed by atoms with E-state index in [1.54, 1.807) is 7.11 Å². The molecule has 2 unspecified atom stereocenters. The predicted molar refractivity (Wildman–Crippen MR) is 67.0 cm³/mol. The number of halogens is 1. The van der Waals surface area contributed by atoms with E-state index < -0.39 is 0 Å². The molecule has 0 aromatic heterocycles. The summed E-state index contributed by atoms with van der Waals surface area (Å²) in [7, 11) is 4.50. The van der Waals surface area contributed by atoms with Crippen molar-refractivity contribution in [3.05, 3.63) is 29.3 Å². The molecular weight excluding hydrogens is 266 g/mol. The van der Waals surface area contributed by atoms with Crippen molar-refractivity contribution in [3.8, 4) is 5.75 Å². The van der Waals surface area contributed by atoms with Crippen molar-refractivity contribution in [3.63, 3.8) is 0 Å². The van der Waals surface area contributed by atoms with E-state index in [0.29, 0.717) is 0 Å². The Balaban J connectivity index is 2.88. The zero-order valence-electron chi connectivity index (χ0n) is 7.75. The van der Waals surface area contributed by atoms with Crippen molar-refractivity contribution in [2.75, 3.05) is 7.11 Å².